The number of anilines is 1. The van der Waals surface area contributed by atoms with E-state index < -0.39 is 23.0 Å². The smallest absolute Gasteiger partial charge is 0.228 e. The molecule has 0 radical (unpaired) electrons. The number of piperidine rings is 1. The van der Waals surface area contributed by atoms with Gasteiger partial charge in [0.1, 0.15) is 23.0 Å². The third-order valence-electron chi connectivity index (χ3n) is 9.20. The summed E-state index contributed by atoms with van der Waals surface area (Å²) in [7, 11) is 2.04. The molecule has 1 fully saturated rings. The summed E-state index contributed by atoms with van der Waals surface area (Å²) >= 11 is 0. The van der Waals surface area contributed by atoms with Crippen molar-refractivity contribution in [2.45, 2.75) is 18.4 Å². The summed E-state index contributed by atoms with van der Waals surface area (Å²) in [4.78, 5) is 15.9. The van der Waals surface area contributed by atoms with Gasteiger partial charge >= 0.3 is 0 Å². The van der Waals surface area contributed by atoms with Crippen LogP contribution in [0.25, 0.3) is 22.0 Å². The molecule has 1 aliphatic heterocycles. The number of fused-ring (bicyclic) bond motifs is 1. The zero-order valence-electron chi connectivity index (χ0n) is 25.8. The molecule has 0 bridgehead atoms. The van der Waals surface area contributed by atoms with Gasteiger partial charge in [-0.15, -0.1) is 0 Å². The minimum atomic E-state index is -1.02. The Balaban J connectivity index is 1.51. The van der Waals surface area contributed by atoms with Crippen LogP contribution in [-0.4, -0.2) is 40.7 Å². The number of hydrogen-bond acceptors (Lipinski definition) is 3. The van der Waals surface area contributed by atoms with Crippen LogP contribution in [-0.2, 0) is 10.3 Å². The van der Waals surface area contributed by atoms with Gasteiger partial charge in [-0.05, 0) is 67.4 Å². The Bertz CT molecular complexity index is 1920. The van der Waals surface area contributed by atoms with Crippen LogP contribution in [0.5, 0.6) is 0 Å². The number of aromatic nitrogens is 2. The molecule has 5 aromatic carbocycles. The van der Waals surface area contributed by atoms with Crippen LogP contribution in [0.3, 0.4) is 0 Å². The van der Waals surface area contributed by atoms with Gasteiger partial charge in [-0.25, -0.2) is 17.9 Å². The van der Waals surface area contributed by atoms with Gasteiger partial charge in [-0.3, -0.25) is 4.79 Å². The Morgan fingerprint density at radius 1 is 0.745 bits per heavy atom. The Hall–Kier alpha value is -5.21. The van der Waals surface area contributed by atoms with E-state index in [2.05, 4.69) is 10.2 Å². The summed E-state index contributed by atoms with van der Waals surface area (Å²) in [5.41, 5.74) is 2.25. The van der Waals surface area contributed by atoms with Crippen molar-refractivity contribution in [3.63, 3.8) is 0 Å². The first kappa shape index (κ1) is 30.4. The molecule has 1 aliphatic rings. The number of carbonyl (C=O) groups excluding carboxylic acids is 1. The quantitative estimate of drug-likeness (QED) is 0.181. The zero-order chi connectivity index (χ0) is 32.5. The van der Waals surface area contributed by atoms with Gasteiger partial charge in [0.25, 0.3) is 0 Å². The summed E-state index contributed by atoms with van der Waals surface area (Å²) in [5, 5.41) is 8.76. The van der Waals surface area contributed by atoms with Crippen LogP contribution in [0.1, 0.15) is 29.5 Å². The molecule has 0 atom stereocenters. The second-order valence-electron chi connectivity index (χ2n) is 12.1. The lowest BCUT2D eigenvalue weighted by Gasteiger charge is -2.37. The first-order chi connectivity index (χ1) is 22.9. The number of likely N-dealkylation sites (tertiary alicyclic amines) is 1. The first-order valence-electron chi connectivity index (χ1n) is 15.7. The molecule has 0 spiro atoms. The minimum Gasteiger partial charge on any atom is -0.308 e. The van der Waals surface area contributed by atoms with Crippen LogP contribution in [0.4, 0.5) is 19.0 Å². The van der Waals surface area contributed by atoms with Crippen LogP contribution >= 0.6 is 0 Å². The summed E-state index contributed by atoms with van der Waals surface area (Å²) < 4.78 is 45.9. The maximum absolute atomic E-state index is 15.1. The van der Waals surface area contributed by atoms with Crippen molar-refractivity contribution in [3.8, 4) is 11.1 Å². The highest BCUT2D eigenvalue weighted by atomic mass is 19.1. The highest BCUT2D eigenvalue weighted by Crippen LogP contribution is 2.44. The minimum absolute atomic E-state index is 0.154. The van der Waals surface area contributed by atoms with E-state index in [1.54, 1.807) is 18.2 Å². The molecule has 1 saturated heterocycles. The highest BCUT2D eigenvalue weighted by molar-refractivity contribution is 6.02. The van der Waals surface area contributed by atoms with Gasteiger partial charge in [0.15, 0.2) is 5.82 Å². The maximum Gasteiger partial charge on any atom is 0.228 e. The highest BCUT2D eigenvalue weighted by Gasteiger charge is 2.41. The van der Waals surface area contributed by atoms with Gasteiger partial charge in [0.2, 0.25) is 5.91 Å². The third kappa shape index (κ3) is 5.48. The zero-order valence-corrected chi connectivity index (χ0v) is 25.8. The lowest BCUT2D eigenvalue weighted by atomic mass is 9.77. The van der Waals surface area contributed by atoms with Gasteiger partial charge in [0.05, 0.1) is 11.1 Å². The largest absolute Gasteiger partial charge is 0.308 e. The number of hydrogen-bond donors (Lipinski definition) is 1. The molecular weight excluding hydrogens is 597 g/mol. The van der Waals surface area contributed by atoms with Crippen molar-refractivity contribution in [1.29, 1.82) is 0 Å². The predicted molar refractivity (Wildman–Crippen MR) is 178 cm³/mol. The normalized spacial score (nSPS) is 14.4. The molecular formula is C39H33F3N4O. The van der Waals surface area contributed by atoms with E-state index >= 15 is 8.78 Å². The molecule has 5 nitrogen and oxygen atoms in total. The van der Waals surface area contributed by atoms with E-state index in [1.165, 1.54) is 0 Å². The average Bonchev–Trinajstić information content (AvgIpc) is 3.44. The molecule has 236 valence electrons. The van der Waals surface area contributed by atoms with E-state index in [-0.39, 0.29) is 28.8 Å². The number of halogens is 3. The molecule has 1 aromatic heterocycles. The molecule has 7 rings (SSSR count). The number of nitrogens with one attached hydrogen (secondary N) is 1. The predicted octanol–water partition coefficient (Wildman–Crippen LogP) is 8.24. The fourth-order valence-electron chi connectivity index (χ4n) is 6.83. The van der Waals surface area contributed by atoms with E-state index in [4.69, 9.17) is 5.10 Å². The SMILES string of the molecule is CN1CCC(C(=O)Nc2nn(C(c3ccccc3)(c3ccccc3)c3ccccc3)c3ccc(-c4c(F)cc(F)cc4F)cc23)CC1. The number of rotatable bonds is 7. The van der Waals surface area contributed by atoms with Crippen LogP contribution in [0.15, 0.2) is 121 Å². The van der Waals surface area contributed by atoms with Gasteiger partial charge < -0.3 is 10.2 Å². The van der Waals surface area contributed by atoms with Crippen LogP contribution < -0.4 is 5.32 Å². The fraction of sp³-hybridized carbons (Fsp3) is 0.179. The van der Waals surface area contributed by atoms with Crippen molar-refractivity contribution >= 4 is 22.6 Å². The average molecular weight is 631 g/mol. The van der Waals surface area contributed by atoms with Crippen molar-refractivity contribution in [2.75, 3.05) is 25.5 Å². The van der Waals surface area contributed by atoms with Crippen LogP contribution in [0.2, 0.25) is 0 Å². The molecule has 1 N–H and O–H groups in total. The summed E-state index contributed by atoms with van der Waals surface area (Å²) in [5.74, 6) is -3.11. The van der Waals surface area contributed by atoms with Crippen molar-refractivity contribution < 1.29 is 18.0 Å². The topological polar surface area (TPSA) is 50.2 Å². The number of benzene rings is 5. The van der Waals surface area contributed by atoms with E-state index in [9.17, 15) is 9.18 Å². The second-order valence-corrected chi connectivity index (χ2v) is 12.1. The molecule has 0 saturated carbocycles. The second kappa shape index (κ2) is 12.5. The lowest BCUT2D eigenvalue weighted by Crippen LogP contribution is -2.39. The Morgan fingerprint density at radius 2 is 1.26 bits per heavy atom. The fourth-order valence-corrected chi connectivity index (χ4v) is 6.83. The molecule has 8 heteroatoms. The number of nitrogens with zero attached hydrogens (tertiary/aromatic N) is 3. The van der Waals surface area contributed by atoms with Crippen LogP contribution in [0, 0.1) is 23.4 Å². The maximum atomic E-state index is 15.1. The van der Waals surface area contributed by atoms with E-state index in [0.717, 1.165) is 29.8 Å². The standard InChI is InChI=1S/C39H33F3N4O/c1-45-21-19-26(20-22-45)38(47)43-37-32-23-27(36-33(41)24-31(40)25-34(36)42)17-18-35(32)46(44-37)39(28-11-5-2-6-12-28,29-13-7-3-8-14-29)30-15-9-4-10-16-30/h2-18,23-26H,19-22H2,1H3,(H,43,44,47). The van der Waals surface area contributed by atoms with Crippen molar-refractivity contribution in [2.24, 2.45) is 5.92 Å². The first-order valence-corrected chi connectivity index (χ1v) is 15.7. The molecule has 1 amide bonds. The Kier molecular flexibility index (Phi) is 8.12. The summed E-state index contributed by atoms with van der Waals surface area (Å²) in [6.07, 6.45) is 1.42. The molecule has 47 heavy (non-hydrogen) atoms. The van der Waals surface area contributed by atoms with E-state index in [1.807, 2.05) is 103 Å². The number of amides is 1. The van der Waals surface area contributed by atoms with Gasteiger partial charge in [0, 0.05) is 23.4 Å². The third-order valence-corrected chi connectivity index (χ3v) is 9.20. The summed E-state index contributed by atoms with van der Waals surface area (Å²) in [6, 6.07) is 36.3. The van der Waals surface area contributed by atoms with E-state index in [0.29, 0.717) is 35.9 Å². The van der Waals surface area contributed by atoms with Gasteiger partial charge in [-0.2, -0.15) is 5.10 Å². The molecule has 6 aromatic rings. The number of carbonyl (C=O) groups is 1. The molecule has 2 heterocycles. The van der Waals surface area contributed by atoms with Crippen molar-refractivity contribution in [3.05, 3.63) is 155 Å². The molecule has 0 aliphatic carbocycles. The molecule has 0 unspecified atom stereocenters. The Morgan fingerprint density at radius 3 is 1.77 bits per heavy atom. The van der Waals surface area contributed by atoms with Crippen molar-refractivity contribution in [1.82, 2.24) is 14.7 Å². The monoisotopic (exact) mass is 630 g/mol. The lowest BCUT2D eigenvalue weighted by molar-refractivity contribution is -0.121. The van der Waals surface area contributed by atoms with Gasteiger partial charge in [-0.1, -0.05) is 97.1 Å². The summed E-state index contributed by atoms with van der Waals surface area (Å²) in [6.45, 7) is 1.61. The Labute approximate surface area is 271 Å².